The van der Waals surface area contributed by atoms with Gasteiger partial charge in [-0.05, 0) is 39.0 Å². The number of hydrogen-bond acceptors (Lipinski definition) is 3. The Hall–Kier alpha value is -2.10. The van der Waals surface area contributed by atoms with E-state index in [0.717, 1.165) is 11.5 Å². The first-order valence-corrected chi connectivity index (χ1v) is 5.38. The van der Waals surface area contributed by atoms with E-state index < -0.39 is 0 Å². The Morgan fingerprint density at radius 3 is 2.65 bits per heavy atom. The maximum absolute atomic E-state index is 11.9. The van der Waals surface area contributed by atoms with Crippen LogP contribution in [0, 0.1) is 20.8 Å². The molecule has 0 aliphatic carbocycles. The maximum atomic E-state index is 11.9. The molecule has 1 amide bonds. The van der Waals surface area contributed by atoms with Crippen LogP contribution in [0.2, 0.25) is 0 Å². The summed E-state index contributed by atoms with van der Waals surface area (Å²) in [5, 5.41) is 2.74. The molecule has 0 aromatic carbocycles. The summed E-state index contributed by atoms with van der Waals surface area (Å²) in [5.41, 5.74) is 1.41. The molecule has 0 saturated carbocycles. The first kappa shape index (κ1) is 11.4. The van der Waals surface area contributed by atoms with Crippen LogP contribution in [0.1, 0.15) is 27.6 Å². The first-order valence-electron chi connectivity index (χ1n) is 5.38. The van der Waals surface area contributed by atoms with Crippen LogP contribution in [-0.2, 0) is 0 Å². The molecule has 0 atom stereocenters. The number of carbonyl (C=O) groups excluding carboxylic acids is 1. The number of nitrogens with one attached hydrogen (secondary N) is 1. The second-order valence-corrected chi connectivity index (χ2v) is 3.95. The highest BCUT2D eigenvalue weighted by Gasteiger charge is 2.13. The number of rotatable bonds is 2. The van der Waals surface area contributed by atoms with E-state index in [4.69, 9.17) is 4.42 Å². The standard InChI is InChI=1S/C13H14N2O2/c1-8-5-4-6-12(14-8)15-13(16)11-7-9(2)17-10(11)3/h4-7H,1-3H3,(H,14,15,16). The molecule has 0 fully saturated rings. The van der Waals surface area contributed by atoms with Gasteiger partial charge in [-0.2, -0.15) is 0 Å². The lowest BCUT2D eigenvalue weighted by Crippen LogP contribution is -2.13. The van der Waals surface area contributed by atoms with E-state index in [1.807, 2.05) is 26.0 Å². The van der Waals surface area contributed by atoms with Gasteiger partial charge >= 0.3 is 0 Å². The summed E-state index contributed by atoms with van der Waals surface area (Å²) in [5.74, 6) is 1.70. The summed E-state index contributed by atoms with van der Waals surface area (Å²) in [6.45, 7) is 5.46. The van der Waals surface area contributed by atoms with Gasteiger partial charge in [0, 0.05) is 5.69 Å². The zero-order chi connectivity index (χ0) is 12.4. The molecule has 0 aliphatic rings. The monoisotopic (exact) mass is 230 g/mol. The molecule has 4 heteroatoms. The minimum Gasteiger partial charge on any atom is -0.466 e. The Bertz CT molecular complexity index is 558. The van der Waals surface area contributed by atoms with Crippen LogP contribution in [0.4, 0.5) is 5.82 Å². The molecule has 0 saturated heterocycles. The Balaban J connectivity index is 2.20. The maximum Gasteiger partial charge on any atom is 0.260 e. The summed E-state index contributed by atoms with van der Waals surface area (Å²) in [6, 6.07) is 7.21. The predicted molar refractivity (Wildman–Crippen MR) is 65.1 cm³/mol. The molecule has 1 N–H and O–H groups in total. The average Bonchev–Trinajstić information content (AvgIpc) is 2.58. The van der Waals surface area contributed by atoms with Crippen molar-refractivity contribution >= 4 is 11.7 Å². The number of nitrogens with zero attached hydrogens (tertiary/aromatic N) is 1. The van der Waals surface area contributed by atoms with Crippen molar-refractivity contribution in [3.63, 3.8) is 0 Å². The summed E-state index contributed by atoms with van der Waals surface area (Å²) in [6.07, 6.45) is 0. The third-order valence-corrected chi connectivity index (χ3v) is 2.42. The minimum absolute atomic E-state index is 0.197. The van der Waals surface area contributed by atoms with E-state index in [0.29, 0.717) is 17.1 Å². The second-order valence-electron chi connectivity index (χ2n) is 3.95. The molecule has 88 valence electrons. The molecule has 0 radical (unpaired) electrons. The average molecular weight is 230 g/mol. The molecule has 2 aromatic heterocycles. The summed E-state index contributed by atoms with van der Waals surface area (Å²) >= 11 is 0. The molecular weight excluding hydrogens is 216 g/mol. The van der Waals surface area contributed by atoms with E-state index in [1.54, 1.807) is 19.1 Å². The number of furan rings is 1. The van der Waals surface area contributed by atoms with Crippen molar-refractivity contribution in [2.45, 2.75) is 20.8 Å². The first-order chi connectivity index (χ1) is 8.06. The van der Waals surface area contributed by atoms with Crippen LogP contribution in [0.5, 0.6) is 0 Å². The molecule has 0 aliphatic heterocycles. The van der Waals surface area contributed by atoms with E-state index >= 15 is 0 Å². The number of aryl methyl sites for hydroxylation is 3. The van der Waals surface area contributed by atoms with Gasteiger partial charge in [-0.1, -0.05) is 6.07 Å². The van der Waals surface area contributed by atoms with Crippen LogP contribution < -0.4 is 5.32 Å². The lowest BCUT2D eigenvalue weighted by atomic mass is 10.2. The van der Waals surface area contributed by atoms with Gasteiger partial charge in [0.15, 0.2) is 0 Å². The fraction of sp³-hybridized carbons (Fsp3) is 0.231. The molecule has 17 heavy (non-hydrogen) atoms. The highest BCUT2D eigenvalue weighted by atomic mass is 16.3. The Kier molecular flexibility index (Phi) is 2.95. The summed E-state index contributed by atoms with van der Waals surface area (Å²) in [7, 11) is 0. The summed E-state index contributed by atoms with van der Waals surface area (Å²) in [4.78, 5) is 16.2. The van der Waals surface area contributed by atoms with Crippen LogP contribution in [0.25, 0.3) is 0 Å². The van der Waals surface area contributed by atoms with Crippen molar-refractivity contribution in [1.82, 2.24) is 4.98 Å². The fourth-order valence-electron chi connectivity index (χ4n) is 1.65. The Morgan fingerprint density at radius 2 is 2.06 bits per heavy atom. The highest BCUT2D eigenvalue weighted by molar-refractivity contribution is 6.04. The van der Waals surface area contributed by atoms with Gasteiger partial charge in [0.1, 0.15) is 17.3 Å². The number of amides is 1. The van der Waals surface area contributed by atoms with Crippen LogP contribution in [0.15, 0.2) is 28.7 Å². The number of aromatic nitrogens is 1. The van der Waals surface area contributed by atoms with Gasteiger partial charge in [-0.3, -0.25) is 4.79 Å². The van der Waals surface area contributed by atoms with Gasteiger partial charge in [0.05, 0.1) is 5.56 Å². The largest absolute Gasteiger partial charge is 0.466 e. The molecule has 0 bridgehead atoms. The van der Waals surface area contributed by atoms with Gasteiger partial charge < -0.3 is 9.73 Å². The highest BCUT2D eigenvalue weighted by Crippen LogP contribution is 2.15. The number of pyridine rings is 1. The molecule has 2 heterocycles. The van der Waals surface area contributed by atoms with Crippen LogP contribution in [-0.4, -0.2) is 10.9 Å². The van der Waals surface area contributed by atoms with E-state index in [2.05, 4.69) is 10.3 Å². The van der Waals surface area contributed by atoms with Crippen molar-refractivity contribution in [1.29, 1.82) is 0 Å². The van der Waals surface area contributed by atoms with Crippen molar-refractivity contribution in [2.24, 2.45) is 0 Å². The van der Waals surface area contributed by atoms with Gasteiger partial charge in [-0.15, -0.1) is 0 Å². The lowest BCUT2D eigenvalue weighted by molar-refractivity contribution is 0.102. The van der Waals surface area contributed by atoms with E-state index in [-0.39, 0.29) is 5.91 Å². The molecular formula is C13H14N2O2. The van der Waals surface area contributed by atoms with E-state index in [1.165, 1.54) is 0 Å². The molecule has 0 unspecified atom stereocenters. The van der Waals surface area contributed by atoms with Crippen molar-refractivity contribution in [3.8, 4) is 0 Å². The van der Waals surface area contributed by atoms with E-state index in [9.17, 15) is 4.79 Å². The SMILES string of the molecule is Cc1cccc(NC(=O)c2cc(C)oc2C)n1. The lowest BCUT2D eigenvalue weighted by Gasteiger charge is -2.03. The summed E-state index contributed by atoms with van der Waals surface area (Å²) < 4.78 is 5.32. The second kappa shape index (κ2) is 4.41. The van der Waals surface area contributed by atoms with Gasteiger partial charge in [0.2, 0.25) is 0 Å². The normalized spacial score (nSPS) is 10.3. The Morgan fingerprint density at radius 1 is 1.29 bits per heavy atom. The fourth-order valence-corrected chi connectivity index (χ4v) is 1.65. The van der Waals surface area contributed by atoms with Gasteiger partial charge in [-0.25, -0.2) is 4.98 Å². The predicted octanol–water partition coefficient (Wildman–Crippen LogP) is 2.85. The Labute approximate surface area is 99.7 Å². The van der Waals surface area contributed by atoms with Crippen molar-refractivity contribution < 1.29 is 9.21 Å². The van der Waals surface area contributed by atoms with Gasteiger partial charge in [0.25, 0.3) is 5.91 Å². The van der Waals surface area contributed by atoms with Crippen LogP contribution >= 0.6 is 0 Å². The zero-order valence-electron chi connectivity index (χ0n) is 10.1. The quantitative estimate of drug-likeness (QED) is 0.863. The zero-order valence-corrected chi connectivity index (χ0v) is 10.1. The third kappa shape index (κ3) is 2.53. The minimum atomic E-state index is -0.197. The molecule has 4 nitrogen and oxygen atoms in total. The van der Waals surface area contributed by atoms with Crippen LogP contribution in [0.3, 0.4) is 0 Å². The van der Waals surface area contributed by atoms with Crippen molar-refractivity contribution in [2.75, 3.05) is 5.32 Å². The molecule has 2 rings (SSSR count). The number of hydrogen-bond donors (Lipinski definition) is 1. The smallest absolute Gasteiger partial charge is 0.260 e. The topological polar surface area (TPSA) is 55.1 Å². The number of carbonyl (C=O) groups is 1. The van der Waals surface area contributed by atoms with Crippen molar-refractivity contribution in [3.05, 3.63) is 47.0 Å². The third-order valence-electron chi connectivity index (χ3n) is 2.42. The molecule has 0 spiro atoms. The molecule has 2 aromatic rings. The number of anilines is 1.